The Morgan fingerprint density at radius 2 is 1.30 bits per heavy atom. The largest absolute Gasteiger partial charge is 0.396 e. The van der Waals surface area contributed by atoms with E-state index >= 15 is 0 Å². The van der Waals surface area contributed by atoms with Crippen LogP contribution in [0.5, 0.6) is 0 Å². The standard InChI is InChI=1S/C10H21NO2.C9H19NO2.C2H6/c1-8(2)11-5-3-9(7-12)10(13)4-6-11;1-7(2)10-5-3-4-8(11)9(12)6-10;1-2/h8-10,12-13H,3-7H2,1-2H3;7-9,11-12H,3-6H2,1-2H3;1-2H3. The van der Waals surface area contributed by atoms with Crippen molar-refractivity contribution >= 4 is 0 Å². The Balaban J connectivity index is 0.000000460. The molecule has 2 rings (SSSR count). The molecule has 0 aromatic carbocycles. The van der Waals surface area contributed by atoms with Gasteiger partial charge in [0.2, 0.25) is 0 Å². The van der Waals surface area contributed by atoms with Gasteiger partial charge in [-0.1, -0.05) is 13.8 Å². The van der Waals surface area contributed by atoms with Crippen molar-refractivity contribution in [3.8, 4) is 0 Å². The predicted octanol–water partition coefficient (Wildman–Crippen LogP) is 1.70. The van der Waals surface area contributed by atoms with Gasteiger partial charge in [-0.05, 0) is 66.5 Å². The van der Waals surface area contributed by atoms with Gasteiger partial charge in [-0.2, -0.15) is 0 Å². The molecule has 0 saturated carbocycles. The molecule has 164 valence electrons. The Morgan fingerprint density at radius 1 is 0.741 bits per heavy atom. The SMILES string of the molecule is CC.CC(C)N1CCC(O)C(CO)CC1.CC(C)N1CCCC(O)C(O)C1. The first-order valence-corrected chi connectivity index (χ1v) is 10.9. The summed E-state index contributed by atoms with van der Waals surface area (Å²) in [5.74, 6) is 0.0868. The van der Waals surface area contributed by atoms with Gasteiger partial charge < -0.3 is 25.3 Å². The van der Waals surface area contributed by atoms with E-state index in [1.807, 2.05) is 13.8 Å². The van der Waals surface area contributed by atoms with Crippen molar-refractivity contribution in [2.45, 2.75) is 97.6 Å². The van der Waals surface area contributed by atoms with Crippen LogP contribution in [-0.4, -0.2) is 93.4 Å². The van der Waals surface area contributed by atoms with Gasteiger partial charge in [0.25, 0.3) is 0 Å². The molecule has 4 atom stereocenters. The van der Waals surface area contributed by atoms with E-state index in [0.717, 1.165) is 45.3 Å². The van der Waals surface area contributed by atoms with Crippen LogP contribution in [0.4, 0.5) is 0 Å². The van der Waals surface area contributed by atoms with E-state index < -0.39 is 12.2 Å². The second-order valence-corrected chi connectivity index (χ2v) is 8.08. The van der Waals surface area contributed by atoms with Crippen LogP contribution in [0.3, 0.4) is 0 Å². The fourth-order valence-electron chi connectivity index (χ4n) is 3.52. The minimum absolute atomic E-state index is 0.0868. The first-order valence-electron chi connectivity index (χ1n) is 10.9. The molecule has 2 aliphatic rings. The van der Waals surface area contributed by atoms with Gasteiger partial charge in [0.1, 0.15) is 0 Å². The monoisotopic (exact) mass is 390 g/mol. The van der Waals surface area contributed by atoms with Gasteiger partial charge >= 0.3 is 0 Å². The lowest BCUT2D eigenvalue weighted by molar-refractivity contribution is 0.00500. The van der Waals surface area contributed by atoms with Crippen molar-refractivity contribution in [2.75, 3.05) is 32.8 Å². The van der Waals surface area contributed by atoms with E-state index in [9.17, 15) is 15.3 Å². The summed E-state index contributed by atoms with van der Waals surface area (Å²) in [5, 5.41) is 37.6. The molecule has 0 aromatic heterocycles. The fourth-order valence-corrected chi connectivity index (χ4v) is 3.52. The molecule has 0 bridgehead atoms. The zero-order valence-corrected chi connectivity index (χ0v) is 18.5. The summed E-state index contributed by atoms with van der Waals surface area (Å²) in [5.41, 5.74) is 0. The molecule has 0 aliphatic carbocycles. The van der Waals surface area contributed by atoms with Crippen LogP contribution < -0.4 is 0 Å². The number of aliphatic hydroxyl groups excluding tert-OH is 4. The number of likely N-dealkylation sites (tertiary alicyclic amines) is 2. The van der Waals surface area contributed by atoms with E-state index in [-0.39, 0.29) is 18.6 Å². The second kappa shape index (κ2) is 14.7. The van der Waals surface area contributed by atoms with Crippen molar-refractivity contribution in [3.63, 3.8) is 0 Å². The van der Waals surface area contributed by atoms with Crippen LogP contribution in [0.25, 0.3) is 0 Å². The van der Waals surface area contributed by atoms with Gasteiger partial charge in [-0.3, -0.25) is 4.90 Å². The number of nitrogens with zero attached hydrogens (tertiary/aromatic N) is 2. The first kappa shape index (κ1) is 26.8. The van der Waals surface area contributed by atoms with E-state index in [2.05, 4.69) is 37.5 Å². The first-order chi connectivity index (χ1) is 12.8. The van der Waals surface area contributed by atoms with Crippen molar-refractivity contribution < 1.29 is 20.4 Å². The number of aliphatic hydroxyl groups is 4. The molecule has 2 saturated heterocycles. The number of hydrogen-bond acceptors (Lipinski definition) is 6. The third kappa shape index (κ3) is 10.2. The Kier molecular flexibility index (Phi) is 14.6. The summed E-state index contributed by atoms with van der Waals surface area (Å²) in [4.78, 5) is 4.57. The molecule has 6 heteroatoms. The van der Waals surface area contributed by atoms with Crippen LogP contribution in [0, 0.1) is 5.92 Å². The molecule has 2 fully saturated rings. The third-order valence-electron chi connectivity index (χ3n) is 5.55. The van der Waals surface area contributed by atoms with E-state index in [4.69, 9.17) is 5.11 Å². The molecule has 6 nitrogen and oxygen atoms in total. The summed E-state index contributed by atoms with van der Waals surface area (Å²) in [6.45, 7) is 16.2. The average Bonchev–Trinajstić information content (AvgIpc) is 2.93. The summed E-state index contributed by atoms with van der Waals surface area (Å²) < 4.78 is 0. The summed E-state index contributed by atoms with van der Waals surface area (Å²) in [7, 11) is 0. The lowest BCUT2D eigenvalue weighted by atomic mass is 9.99. The third-order valence-corrected chi connectivity index (χ3v) is 5.55. The molecule has 0 radical (unpaired) electrons. The molecule has 4 unspecified atom stereocenters. The molecular weight excluding hydrogens is 344 g/mol. The lowest BCUT2D eigenvalue weighted by Gasteiger charge is -2.26. The van der Waals surface area contributed by atoms with Gasteiger partial charge in [0.15, 0.2) is 0 Å². The molecule has 2 heterocycles. The van der Waals surface area contributed by atoms with Crippen molar-refractivity contribution in [1.29, 1.82) is 0 Å². The summed E-state index contributed by atoms with van der Waals surface area (Å²) >= 11 is 0. The minimum Gasteiger partial charge on any atom is -0.396 e. The van der Waals surface area contributed by atoms with Crippen molar-refractivity contribution in [3.05, 3.63) is 0 Å². The van der Waals surface area contributed by atoms with Gasteiger partial charge in [-0.15, -0.1) is 0 Å². The Morgan fingerprint density at radius 3 is 1.81 bits per heavy atom. The van der Waals surface area contributed by atoms with Gasteiger partial charge in [-0.25, -0.2) is 0 Å². The molecule has 27 heavy (non-hydrogen) atoms. The maximum Gasteiger partial charge on any atom is 0.0925 e. The van der Waals surface area contributed by atoms with Crippen molar-refractivity contribution in [1.82, 2.24) is 9.80 Å². The number of rotatable bonds is 3. The Bertz CT molecular complexity index is 355. The van der Waals surface area contributed by atoms with Crippen LogP contribution >= 0.6 is 0 Å². The second-order valence-electron chi connectivity index (χ2n) is 8.08. The summed E-state index contributed by atoms with van der Waals surface area (Å²) in [6, 6.07) is 1.01. The summed E-state index contributed by atoms with van der Waals surface area (Å²) in [6.07, 6.45) is 2.03. The van der Waals surface area contributed by atoms with E-state index in [1.54, 1.807) is 0 Å². The van der Waals surface area contributed by atoms with E-state index in [0.29, 0.717) is 18.6 Å². The zero-order valence-electron chi connectivity index (χ0n) is 18.5. The predicted molar refractivity (Wildman–Crippen MR) is 112 cm³/mol. The molecular formula is C21H46N2O4. The molecule has 2 aliphatic heterocycles. The highest BCUT2D eigenvalue weighted by Crippen LogP contribution is 2.19. The number of hydrogen-bond donors (Lipinski definition) is 4. The lowest BCUT2D eigenvalue weighted by Crippen LogP contribution is -2.39. The average molecular weight is 391 g/mol. The molecule has 0 spiro atoms. The van der Waals surface area contributed by atoms with Crippen LogP contribution in [-0.2, 0) is 0 Å². The van der Waals surface area contributed by atoms with Gasteiger partial charge in [0, 0.05) is 37.7 Å². The normalized spacial score (nSPS) is 30.7. The zero-order chi connectivity index (χ0) is 21.0. The highest BCUT2D eigenvalue weighted by molar-refractivity contribution is 4.79. The maximum atomic E-state index is 9.66. The highest BCUT2D eigenvalue weighted by atomic mass is 16.3. The molecule has 0 amide bonds. The highest BCUT2D eigenvalue weighted by Gasteiger charge is 2.25. The van der Waals surface area contributed by atoms with Gasteiger partial charge in [0.05, 0.1) is 18.3 Å². The maximum absolute atomic E-state index is 9.66. The quantitative estimate of drug-likeness (QED) is 0.587. The smallest absolute Gasteiger partial charge is 0.0925 e. The van der Waals surface area contributed by atoms with Crippen LogP contribution in [0.2, 0.25) is 0 Å². The molecule has 0 aromatic rings. The topological polar surface area (TPSA) is 87.4 Å². The van der Waals surface area contributed by atoms with Crippen molar-refractivity contribution in [2.24, 2.45) is 5.92 Å². The van der Waals surface area contributed by atoms with E-state index in [1.165, 1.54) is 0 Å². The Hall–Kier alpha value is -0.240. The van der Waals surface area contributed by atoms with Crippen LogP contribution in [0.1, 0.15) is 67.2 Å². The fraction of sp³-hybridized carbons (Fsp3) is 1.00. The number of β-amino-alcohol motifs (C(OH)–C–C–N with tert-alkyl or cyclic N) is 1. The van der Waals surface area contributed by atoms with Crippen LogP contribution in [0.15, 0.2) is 0 Å². The molecule has 4 N–H and O–H groups in total. The Labute approximate surface area is 167 Å². The minimum atomic E-state index is -0.560.